The van der Waals surface area contributed by atoms with Gasteiger partial charge in [-0.25, -0.2) is 4.79 Å². The zero-order chi connectivity index (χ0) is 11.5. The summed E-state index contributed by atoms with van der Waals surface area (Å²) in [6.07, 6.45) is 5.82. The van der Waals surface area contributed by atoms with Gasteiger partial charge in [0.25, 0.3) is 0 Å². The molecule has 0 unspecified atom stereocenters. The Morgan fingerprint density at radius 2 is 2.31 bits per heavy atom. The van der Waals surface area contributed by atoms with Crippen LogP contribution in [-0.2, 0) is 14.3 Å². The molecule has 1 saturated heterocycles. The lowest BCUT2D eigenvalue weighted by molar-refractivity contribution is -0.134. The molecule has 0 aromatic rings. The number of fused-ring (bicyclic) bond motifs is 1. The topological polar surface area (TPSA) is 35.5 Å². The Morgan fingerprint density at radius 1 is 1.50 bits per heavy atom. The highest BCUT2D eigenvalue weighted by molar-refractivity contribution is 5.82. The summed E-state index contributed by atoms with van der Waals surface area (Å²) in [5.74, 6) is 0.809. The van der Waals surface area contributed by atoms with E-state index in [0.29, 0.717) is 11.8 Å². The van der Waals surface area contributed by atoms with Crippen LogP contribution in [0.5, 0.6) is 0 Å². The van der Waals surface area contributed by atoms with Crippen LogP contribution in [0.1, 0.15) is 19.8 Å². The summed E-state index contributed by atoms with van der Waals surface area (Å²) in [5, 5.41) is 0. The van der Waals surface area contributed by atoms with Crippen LogP contribution in [0.4, 0.5) is 0 Å². The lowest BCUT2D eigenvalue weighted by Crippen LogP contribution is -2.16. The first-order chi connectivity index (χ1) is 7.72. The molecule has 3 heteroatoms. The normalized spacial score (nSPS) is 29.6. The van der Waals surface area contributed by atoms with Gasteiger partial charge in [0, 0.05) is 12.0 Å². The third-order valence-electron chi connectivity index (χ3n) is 3.52. The third kappa shape index (κ3) is 2.19. The van der Waals surface area contributed by atoms with Crippen molar-refractivity contribution in [1.29, 1.82) is 0 Å². The van der Waals surface area contributed by atoms with Gasteiger partial charge in [-0.2, -0.15) is 0 Å². The summed E-state index contributed by atoms with van der Waals surface area (Å²) in [6.45, 7) is 3.78. The Balaban J connectivity index is 2.21. The van der Waals surface area contributed by atoms with E-state index in [4.69, 9.17) is 4.74 Å². The lowest BCUT2D eigenvalue weighted by Gasteiger charge is -2.25. The van der Waals surface area contributed by atoms with Crippen LogP contribution >= 0.6 is 0 Å². The van der Waals surface area contributed by atoms with E-state index in [1.54, 1.807) is 0 Å². The van der Waals surface area contributed by atoms with Crippen molar-refractivity contribution in [2.45, 2.75) is 19.8 Å². The van der Waals surface area contributed by atoms with Gasteiger partial charge in [-0.15, -0.1) is 0 Å². The van der Waals surface area contributed by atoms with Crippen LogP contribution < -0.4 is 0 Å². The Bertz CT molecular complexity index is 341. The van der Waals surface area contributed by atoms with Crippen molar-refractivity contribution in [2.75, 3.05) is 20.3 Å². The maximum atomic E-state index is 11.1. The quantitative estimate of drug-likeness (QED) is 0.530. The maximum Gasteiger partial charge on any atom is 0.330 e. The van der Waals surface area contributed by atoms with Gasteiger partial charge in [-0.1, -0.05) is 13.0 Å². The number of carbonyl (C=O) groups excluding carboxylic acids is 1. The molecule has 0 radical (unpaired) electrons. The third-order valence-corrected chi connectivity index (χ3v) is 3.52. The molecule has 88 valence electrons. The minimum absolute atomic E-state index is 0.290. The summed E-state index contributed by atoms with van der Waals surface area (Å²) in [7, 11) is 1.40. The summed E-state index contributed by atoms with van der Waals surface area (Å²) in [6, 6.07) is 0. The number of esters is 1. The molecule has 1 heterocycles. The monoisotopic (exact) mass is 222 g/mol. The number of allylic oxidation sites excluding steroid dienone is 2. The first-order valence-electron chi connectivity index (χ1n) is 5.79. The van der Waals surface area contributed by atoms with Gasteiger partial charge >= 0.3 is 5.97 Å². The van der Waals surface area contributed by atoms with Crippen molar-refractivity contribution in [3.05, 3.63) is 23.3 Å². The molecular formula is C13H18O3. The molecular weight excluding hydrogens is 204 g/mol. The van der Waals surface area contributed by atoms with Crippen molar-refractivity contribution in [1.82, 2.24) is 0 Å². The average Bonchev–Trinajstić information content (AvgIpc) is 2.75. The maximum absolute atomic E-state index is 11.1. The summed E-state index contributed by atoms with van der Waals surface area (Å²) >= 11 is 0. The van der Waals surface area contributed by atoms with E-state index in [1.807, 2.05) is 6.08 Å². The van der Waals surface area contributed by atoms with Crippen LogP contribution in [0.15, 0.2) is 23.3 Å². The van der Waals surface area contributed by atoms with E-state index < -0.39 is 0 Å². The first kappa shape index (κ1) is 11.4. The molecule has 0 aromatic heterocycles. The predicted octanol–water partition coefficient (Wildman–Crippen LogP) is 2.09. The van der Waals surface area contributed by atoms with Crippen LogP contribution in [0, 0.1) is 11.8 Å². The van der Waals surface area contributed by atoms with Gasteiger partial charge in [0.15, 0.2) is 0 Å². The number of rotatable bonds is 2. The van der Waals surface area contributed by atoms with E-state index in [9.17, 15) is 4.79 Å². The number of hydrogen-bond acceptors (Lipinski definition) is 3. The molecule has 2 aliphatic rings. The van der Waals surface area contributed by atoms with Gasteiger partial charge in [0.05, 0.1) is 20.3 Å². The van der Waals surface area contributed by atoms with Gasteiger partial charge in [0.2, 0.25) is 0 Å². The van der Waals surface area contributed by atoms with Gasteiger partial charge < -0.3 is 9.47 Å². The molecule has 0 saturated carbocycles. The summed E-state index contributed by atoms with van der Waals surface area (Å²) < 4.78 is 10.1. The fourth-order valence-electron chi connectivity index (χ4n) is 2.53. The molecule has 0 aromatic carbocycles. The molecule has 0 amide bonds. The smallest absolute Gasteiger partial charge is 0.330 e. The van der Waals surface area contributed by atoms with Crippen molar-refractivity contribution >= 4 is 5.97 Å². The van der Waals surface area contributed by atoms with Crippen molar-refractivity contribution in [3.8, 4) is 0 Å². The SMILES string of the molecule is COC(=O)/C=C/C1=C2COC[C@@H]2CC[C@@H]1C. The predicted molar refractivity (Wildman–Crippen MR) is 60.9 cm³/mol. The molecule has 0 bridgehead atoms. The van der Waals surface area contributed by atoms with E-state index in [2.05, 4.69) is 11.7 Å². The van der Waals surface area contributed by atoms with Crippen LogP contribution in [0.25, 0.3) is 0 Å². The highest BCUT2D eigenvalue weighted by Crippen LogP contribution is 2.38. The Kier molecular flexibility index (Phi) is 3.44. The van der Waals surface area contributed by atoms with Crippen LogP contribution in [-0.4, -0.2) is 26.3 Å². The van der Waals surface area contributed by atoms with Crippen LogP contribution in [0.3, 0.4) is 0 Å². The number of methoxy groups -OCH3 is 1. The van der Waals surface area contributed by atoms with E-state index >= 15 is 0 Å². The molecule has 0 spiro atoms. The molecule has 0 N–H and O–H groups in total. The number of hydrogen-bond donors (Lipinski definition) is 0. The second-order valence-electron chi connectivity index (χ2n) is 4.53. The van der Waals surface area contributed by atoms with Crippen molar-refractivity contribution in [3.63, 3.8) is 0 Å². The van der Waals surface area contributed by atoms with Gasteiger partial charge in [0.1, 0.15) is 0 Å². The highest BCUT2D eigenvalue weighted by atomic mass is 16.5. The molecule has 1 aliphatic carbocycles. The lowest BCUT2D eigenvalue weighted by atomic mass is 9.78. The standard InChI is InChI=1S/C13H18O3/c1-9-3-4-10-7-16-8-12(10)11(9)5-6-13(14)15-2/h5-6,9-10H,3-4,7-8H2,1-2H3/b6-5+/t9-,10-/m0/s1. The first-order valence-corrected chi connectivity index (χ1v) is 5.79. The number of ether oxygens (including phenoxy) is 2. The second-order valence-corrected chi connectivity index (χ2v) is 4.53. The molecule has 2 rings (SSSR count). The number of carbonyl (C=O) groups is 1. The van der Waals surface area contributed by atoms with Gasteiger partial charge in [-0.3, -0.25) is 0 Å². The molecule has 1 aliphatic heterocycles. The largest absolute Gasteiger partial charge is 0.466 e. The van der Waals surface area contributed by atoms with Gasteiger partial charge in [-0.05, 0) is 29.9 Å². The van der Waals surface area contributed by atoms with E-state index in [1.165, 1.54) is 37.2 Å². The Labute approximate surface area is 96.1 Å². The fourth-order valence-corrected chi connectivity index (χ4v) is 2.53. The van der Waals surface area contributed by atoms with Crippen LogP contribution in [0.2, 0.25) is 0 Å². The molecule has 1 fully saturated rings. The summed E-state index contributed by atoms with van der Waals surface area (Å²) in [4.78, 5) is 11.1. The van der Waals surface area contributed by atoms with E-state index in [-0.39, 0.29) is 5.97 Å². The molecule has 16 heavy (non-hydrogen) atoms. The fraction of sp³-hybridized carbons (Fsp3) is 0.615. The highest BCUT2D eigenvalue weighted by Gasteiger charge is 2.30. The zero-order valence-electron chi connectivity index (χ0n) is 9.86. The van der Waals surface area contributed by atoms with Crippen molar-refractivity contribution in [2.24, 2.45) is 11.8 Å². The second kappa shape index (κ2) is 4.83. The Hall–Kier alpha value is -1.09. The Morgan fingerprint density at radius 3 is 3.06 bits per heavy atom. The molecule has 2 atom stereocenters. The summed E-state index contributed by atoms with van der Waals surface area (Å²) in [5.41, 5.74) is 2.66. The minimum Gasteiger partial charge on any atom is -0.466 e. The van der Waals surface area contributed by atoms with E-state index in [0.717, 1.165) is 13.2 Å². The molecule has 3 nitrogen and oxygen atoms in total. The zero-order valence-corrected chi connectivity index (χ0v) is 9.86. The van der Waals surface area contributed by atoms with Crippen molar-refractivity contribution < 1.29 is 14.3 Å². The average molecular weight is 222 g/mol. The minimum atomic E-state index is -0.290.